The zero-order chi connectivity index (χ0) is 11.4. The van der Waals surface area contributed by atoms with Gasteiger partial charge in [0, 0.05) is 6.04 Å². The zero-order valence-corrected chi connectivity index (χ0v) is 8.97. The van der Waals surface area contributed by atoms with Gasteiger partial charge in [0.25, 0.3) is 0 Å². The Morgan fingerprint density at radius 3 is 2.44 bits per heavy atom. The lowest BCUT2D eigenvalue weighted by Crippen LogP contribution is -2.32. The van der Waals surface area contributed by atoms with Gasteiger partial charge in [-0.1, -0.05) is 0 Å². The molecule has 5 nitrogen and oxygen atoms in total. The quantitative estimate of drug-likeness (QED) is 0.800. The van der Waals surface area contributed by atoms with E-state index in [0.717, 1.165) is 25.7 Å². The molecule has 0 atom stereocenters. The highest BCUT2D eigenvalue weighted by Gasteiger charge is 2.20. The zero-order valence-electron chi connectivity index (χ0n) is 8.97. The van der Waals surface area contributed by atoms with E-state index in [0.29, 0.717) is 17.6 Å². The van der Waals surface area contributed by atoms with Crippen molar-refractivity contribution in [2.24, 2.45) is 5.73 Å². The van der Waals surface area contributed by atoms with Gasteiger partial charge in [-0.25, -0.2) is 9.97 Å². The average molecular weight is 218 g/mol. The minimum atomic E-state index is 0.160. The molecule has 1 aromatic rings. The van der Waals surface area contributed by atoms with Gasteiger partial charge in [-0.05, 0) is 25.7 Å². The fourth-order valence-corrected chi connectivity index (χ4v) is 1.79. The number of nitrogens with two attached hydrogens (primary N) is 1. The number of hydrogen-bond donors (Lipinski definition) is 1. The van der Waals surface area contributed by atoms with Crippen molar-refractivity contribution in [1.29, 1.82) is 5.26 Å². The maximum absolute atomic E-state index is 8.59. The van der Waals surface area contributed by atoms with Crippen LogP contribution in [0.5, 0.6) is 6.01 Å². The summed E-state index contributed by atoms with van der Waals surface area (Å²) in [6.45, 7) is 0. The summed E-state index contributed by atoms with van der Waals surface area (Å²) in [6.07, 6.45) is 6.97. The third kappa shape index (κ3) is 2.67. The minimum Gasteiger partial charge on any atom is -0.460 e. The second-order valence-electron chi connectivity index (χ2n) is 4.02. The molecule has 2 N–H and O–H groups in total. The van der Waals surface area contributed by atoms with Gasteiger partial charge in [-0.3, -0.25) is 0 Å². The average Bonchev–Trinajstić information content (AvgIpc) is 2.33. The monoisotopic (exact) mass is 218 g/mol. The van der Waals surface area contributed by atoms with Gasteiger partial charge in [-0.15, -0.1) is 0 Å². The molecule has 1 heterocycles. The Balaban J connectivity index is 1.91. The third-order valence-corrected chi connectivity index (χ3v) is 2.75. The molecular weight excluding hydrogens is 204 g/mol. The topological polar surface area (TPSA) is 84.8 Å². The van der Waals surface area contributed by atoms with E-state index in [1.807, 2.05) is 6.07 Å². The highest BCUT2D eigenvalue weighted by atomic mass is 16.5. The first-order valence-electron chi connectivity index (χ1n) is 5.42. The molecule has 1 saturated carbocycles. The normalized spacial score (nSPS) is 24.8. The number of hydrogen-bond acceptors (Lipinski definition) is 5. The van der Waals surface area contributed by atoms with E-state index in [1.54, 1.807) is 0 Å². The van der Waals surface area contributed by atoms with E-state index in [2.05, 4.69) is 9.97 Å². The van der Waals surface area contributed by atoms with Crippen molar-refractivity contribution in [3.8, 4) is 12.1 Å². The summed E-state index contributed by atoms with van der Waals surface area (Å²) in [4.78, 5) is 7.95. The molecule has 5 heteroatoms. The summed E-state index contributed by atoms with van der Waals surface area (Å²) in [5.74, 6) is 0. The van der Waals surface area contributed by atoms with Crippen molar-refractivity contribution in [2.45, 2.75) is 37.8 Å². The Bertz CT molecular complexity index is 376. The van der Waals surface area contributed by atoms with Gasteiger partial charge < -0.3 is 10.5 Å². The molecule has 0 saturated heterocycles. The lowest BCUT2D eigenvalue weighted by atomic mass is 9.94. The summed E-state index contributed by atoms with van der Waals surface area (Å²) in [5, 5.41) is 8.59. The number of nitrogens with zero attached hydrogens (tertiary/aromatic N) is 3. The Kier molecular flexibility index (Phi) is 3.32. The molecule has 0 amide bonds. The number of ether oxygens (including phenoxy) is 1. The maximum atomic E-state index is 8.59. The van der Waals surface area contributed by atoms with Crippen LogP contribution in [0.1, 0.15) is 31.2 Å². The molecule has 1 aliphatic carbocycles. The molecule has 1 aromatic heterocycles. The van der Waals surface area contributed by atoms with Crippen molar-refractivity contribution in [1.82, 2.24) is 9.97 Å². The first kappa shape index (κ1) is 10.8. The standard InChI is InChI=1S/C11H14N4O/c12-5-8-6-14-11(15-7-8)16-10-3-1-9(13)2-4-10/h6-7,9-10H,1-4,13H2. The predicted octanol–water partition coefficient (Wildman–Crippen LogP) is 0.997. The molecule has 2 rings (SSSR count). The minimum absolute atomic E-state index is 0.160. The summed E-state index contributed by atoms with van der Waals surface area (Å²) < 4.78 is 5.62. The van der Waals surface area contributed by atoms with Crippen molar-refractivity contribution >= 4 is 0 Å². The molecular formula is C11H14N4O. The molecule has 0 spiro atoms. The van der Waals surface area contributed by atoms with E-state index in [-0.39, 0.29) is 6.10 Å². The Hall–Kier alpha value is -1.67. The fraction of sp³-hybridized carbons (Fsp3) is 0.545. The lowest BCUT2D eigenvalue weighted by Gasteiger charge is -2.25. The molecule has 0 radical (unpaired) electrons. The van der Waals surface area contributed by atoms with E-state index in [9.17, 15) is 0 Å². The Labute approximate surface area is 94.3 Å². The lowest BCUT2D eigenvalue weighted by molar-refractivity contribution is 0.134. The van der Waals surface area contributed by atoms with Crippen molar-refractivity contribution in [2.75, 3.05) is 0 Å². The Morgan fingerprint density at radius 2 is 1.88 bits per heavy atom. The number of rotatable bonds is 2. The van der Waals surface area contributed by atoms with Crippen LogP contribution in [0.3, 0.4) is 0 Å². The Morgan fingerprint density at radius 1 is 1.25 bits per heavy atom. The van der Waals surface area contributed by atoms with Crippen LogP contribution in [0.25, 0.3) is 0 Å². The third-order valence-electron chi connectivity index (χ3n) is 2.75. The maximum Gasteiger partial charge on any atom is 0.316 e. The predicted molar refractivity (Wildman–Crippen MR) is 57.6 cm³/mol. The highest BCUT2D eigenvalue weighted by molar-refractivity contribution is 5.22. The molecule has 16 heavy (non-hydrogen) atoms. The molecule has 0 aliphatic heterocycles. The highest BCUT2D eigenvalue weighted by Crippen LogP contribution is 2.20. The number of nitriles is 1. The van der Waals surface area contributed by atoms with Crippen LogP contribution in [0, 0.1) is 11.3 Å². The largest absolute Gasteiger partial charge is 0.460 e. The summed E-state index contributed by atoms with van der Waals surface area (Å²) >= 11 is 0. The summed E-state index contributed by atoms with van der Waals surface area (Å²) in [7, 11) is 0. The van der Waals surface area contributed by atoms with Gasteiger partial charge in [0.1, 0.15) is 12.2 Å². The second kappa shape index (κ2) is 4.90. The van der Waals surface area contributed by atoms with Gasteiger partial charge in [-0.2, -0.15) is 5.26 Å². The van der Waals surface area contributed by atoms with Crippen molar-refractivity contribution < 1.29 is 4.74 Å². The molecule has 0 unspecified atom stereocenters. The molecule has 1 fully saturated rings. The fourth-order valence-electron chi connectivity index (χ4n) is 1.79. The van der Waals surface area contributed by atoms with Crippen LogP contribution in [0.15, 0.2) is 12.4 Å². The van der Waals surface area contributed by atoms with Crippen LogP contribution in [0.4, 0.5) is 0 Å². The van der Waals surface area contributed by atoms with E-state index in [4.69, 9.17) is 15.7 Å². The van der Waals surface area contributed by atoms with Gasteiger partial charge >= 0.3 is 6.01 Å². The summed E-state index contributed by atoms with van der Waals surface area (Å²) in [5.41, 5.74) is 6.25. The first-order chi connectivity index (χ1) is 7.78. The summed E-state index contributed by atoms with van der Waals surface area (Å²) in [6, 6.07) is 2.62. The van der Waals surface area contributed by atoms with Gasteiger partial charge in [0.2, 0.25) is 0 Å². The van der Waals surface area contributed by atoms with Gasteiger partial charge in [0.15, 0.2) is 0 Å². The molecule has 0 aromatic carbocycles. The van der Waals surface area contributed by atoms with E-state index in [1.165, 1.54) is 12.4 Å². The van der Waals surface area contributed by atoms with Crippen LogP contribution in [-0.2, 0) is 0 Å². The molecule has 0 bridgehead atoms. The van der Waals surface area contributed by atoms with Crippen LogP contribution in [0.2, 0.25) is 0 Å². The van der Waals surface area contributed by atoms with E-state index >= 15 is 0 Å². The van der Waals surface area contributed by atoms with Crippen LogP contribution >= 0.6 is 0 Å². The molecule has 84 valence electrons. The second-order valence-corrected chi connectivity index (χ2v) is 4.02. The first-order valence-corrected chi connectivity index (χ1v) is 5.42. The van der Waals surface area contributed by atoms with E-state index < -0.39 is 0 Å². The van der Waals surface area contributed by atoms with Crippen molar-refractivity contribution in [3.05, 3.63) is 18.0 Å². The van der Waals surface area contributed by atoms with Crippen LogP contribution < -0.4 is 10.5 Å². The van der Waals surface area contributed by atoms with Gasteiger partial charge in [0.05, 0.1) is 18.0 Å². The molecule has 1 aliphatic rings. The smallest absolute Gasteiger partial charge is 0.316 e. The van der Waals surface area contributed by atoms with Crippen LogP contribution in [-0.4, -0.2) is 22.1 Å². The van der Waals surface area contributed by atoms with Crippen molar-refractivity contribution in [3.63, 3.8) is 0 Å². The SMILES string of the molecule is N#Cc1cnc(OC2CCC(N)CC2)nc1. The number of aromatic nitrogens is 2.